The van der Waals surface area contributed by atoms with E-state index in [0.717, 1.165) is 16.5 Å². The molecule has 0 saturated carbocycles. The number of hydrogen-bond donors (Lipinski definition) is 4. The Labute approximate surface area is 147 Å². The second kappa shape index (κ2) is 8.70. The molecule has 0 saturated heterocycles. The lowest BCUT2D eigenvalue weighted by Crippen LogP contribution is -2.49. The molecule has 1 amide bonds. The molecule has 1 heterocycles. The predicted molar refractivity (Wildman–Crippen MR) is 96.2 cm³/mol. The van der Waals surface area contributed by atoms with Gasteiger partial charge in [0.05, 0.1) is 6.04 Å². The summed E-state index contributed by atoms with van der Waals surface area (Å²) in [5.41, 5.74) is 7.89. The molecule has 1 aromatic heterocycles. The monoisotopic (exact) mass is 353 g/mol. The van der Waals surface area contributed by atoms with Crippen LogP contribution in [-0.2, 0) is 16.0 Å². The zero-order valence-corrected chi connectivity index (χ0v) is 14.6. The summed E-state index contributed by atoms with van der Waals surface area (Å²) in [7, 11) is 0. The third-order valence-electron chi connectivity index (χ3n) is 3.77. The van der Waals surface area contributed by atoms with E-state index in [1.165, 1.54) is 0 Å². The molecule has 0 spiro atoms. The van der Waals surface area contributed by atoms with Gasteiger partial charge in [-0.05, 0) is 30.4 Å². The number of rotatable bonds is 7. The number of carbonyl (C=O) groups is 2. The molecule has 0 aliphatic rings. The van der Waals surface area contributed by atoms with E-state index in [2.05, 4.69) is 10.3 Å². The number of H-pyrrole nitrogens is 1. The molecule has 2 atom stereocenters. The molecule has 0 bridgehead atoms. The van der Waals surface area contributed by atoms with Gasteiger partial charge in [-0.25, -0.2) is 4.79 Å². The first-order chi connectivity index (χ1) is 10.9. The molecule has 0 aliphatic heterocycles. The first kappa shape index (κ1) is 20.0. The van der Waals surface area contributed by atoms with Crippen molar-refractivity contribution >= 4 is 35.2 Å². The summed E-state index contributed by atoms with van der Waals surface area (Å²) in [5.74, 6) is -1.31. The van der Waals surface area contributed by atoms with Gasteiger partial charge in [0.15, 0.2) is 0 Å². The second-order valence-corrected chi connectivity index (χ2v) is 6.20. The SMILES string of the molecule is CC(C)C[C@H](NC(=O)[C@@H](N)Cc1c[nH]c2ccccc12)C(=O)O.Cl. The molecule has 2 aromatic rings. The lowest BCUT2D eigenvalue weighted by Gasteiger charge is -2.19. The van der Waals surface area contributed by atoms with Gasteiger partial charge in [-0.15, -0.1) is 12.4 Å². The van der Waals surface area contributed by atoms with Crippen molar-refractivity contribution in [2.45, 2.75) is 38.8 Å². The number of amides is 1. The molecular weight excluding hydrogens is 330 g/mol. The summed E-state index contributed by atoms with van der Waals surface area (Å²) < 4.78 is 0. The number of aromatic amines is 1. The van der Waals surface area contributed by atoms with Crippen molar-refractivity contribution in [2.24, 2.45) is 11.7 Å². The third kappa shape index (κ3) is 4.97. The molecule has 1 aromatic carbocycles. The average molecular weight is 354 g/mol. The maximum Gasteiger partial charge on any atom is 0.326 e. The van der Waals surface area contributed by atoms with Gasteiger partial charge in [0.25, 0.3) is 0 Å². The van der Waals surface area contributed by atoms with Crippen LogP contribution in [0.1, 0.15) is 25.8 Å². The Morgan fingerprint density at radius 3 is 2.58 bits per heavy atom. The van der Waals surface area contributed by atoms with Crippen LogP contribution in [-0.4, -0.2) is 34.1 Å². The molecule has 2 rings (SSSR count). The standard InChI is InChI=1S/C17H23N3O3.ClH/c1-10(2)7-15(17(22)23)20-16(21)13(18)8-11-9-19-14-6-4-3-5-12(11)14;/h3-6,9-10,13,15,19H,7-8,18H2,1-2H3,(H,20,21)(H,22,23);1H/t13-,15-;/m0./s1. The van der Waals surface area contributed by atoms with Crippen LogP contribution in [0.25, 0.3) is 10.9 Å². The minimum atomic E-state index is -1.04. The van der Waals surface area contributed by atoms with Crippen molar-refractivity contribution in [1.82, 2.24) is 10.3 Å². The number of nitrogens with two attached hydrogens (primary N) is 1. The highest BCUT2D eigenvalue weighted by molar-refractivity contribution is 5.88. The van der Waals surface area contributed by atoms with Crippen LogP contribution in [0.2, 0.25) is 0 Å². The molecule has 0 fully saturated rings. The number of carboxylic acids is 1. The molecule has 132 valence electrons. The van der Waals surface area contributed by atoms with E-state index in [-0.39, 0.29) is 18.3 Å². The molecule has 0 unspecified atom stereocenters. The smallest absolute Gasteiger partial charge is 0.326 e. The lowest BCUT2D eigenvalue weighted by molar-refractivity contribution is -0.142. The number of benzene rings is 1. The highest BCUT2D eigenvalue weighted by atomic mass is 35.5. The molecular formula is C17H24ClN3O3. The highest BCUT2D eigenvalue weighted by Gasteiger charge is 2.24. The first-order valence-electron chi connectivity index (χ1n) is 7.72. The number of nitrogens with one attached hydrogen (secondary N) is 2. The van der Waals surface area contributed by atoms with Crippen molar-refractivity contribution in [3.63, 3.8) is 0 Å². The van der Waals surface area contributed by atoms with E-state index in [9.17, 15) is 14.7 Å². The first-order valence-corrected chi connectivity index (χ1v) is 7.72. The number of carboxylic acid groups (broad SMARTS) is 1. The van der Waals surface area contributed by atoms with Crippen LogP contribution in [0.3, 0.4) is 0 Å². The van der Waals surface area contributed by atoms with Gasteiger partial charge in [0.2, 0.25) is 5.91 Å². The Morgan fingerprint density at radius 2 is 1.96 bits per heavy atom. The summed E-state index contributed by atoms with van der Waals surface area (Å²) >= 11 is 0. The number of fused-ring (bicyclic) bond motifs is 1. The van der Waals surface area contributed by atoms with Gasteiger partial charge in [-0.2, -0.15) is 0 Å². The lowest BCUT2D eigenvalue weighted by atomic mass is 10.0. The fraction of sp³-hybridized carbons (Fsp3) is 0.412. The van der Waals surface area contributed by atoms with Crippen LogP contribution in [0.5, 0.6) is 0 Å². The largest absolute Gasteiger partial charge is 0.480 e. The summed E-state index contributed by atoms with van der Waals surface area (Å²) in [4.78, 5) is 26.6. The quantitative estimate of drug-likeness (QED) is 0.611. The molecule has 5 N–H and O–H groups in total. The van der Waals surface area contributed by atoms with E-state index in [1.54, 1.807) is 0 Å². The Balaban J connectivity index is 0.00000288. The minimum Gasteiger partial charge on any atom is -0.480 e. The van der Waals surface area contributed by atoms with Gasteiger partial charge < -0.3 is 21.1 Å². The fourth-order valence-electron chi connectivity index (χ4n) is 2.60. The number of aliphatic carboxylic acids is 1. The third-order valence-corrected chi connectivity index (χ3v) is 3.77. The van der Waals surface area contributed by atoms with Gasteiger partial charge >= 0.3 is 5.97 Å². The normalized spacial score (nSPS) is 13.3. The number of halogens is 1. The molecule has 0 radical (unpaired) electrons. The van der Waals surface area contributed by atoms with E-state index in [4.69, 9.17) is 5.73 Å². The summed E-state index contributed by atoms with van der Waals surface area (Å²) in [5, 5.41) is 12.7. The van der Waals surface area contributed by atoms with Gasteiger partial charge in [-0.3, -0.25) is 4.79 Å². The van der Waals surface area contributed by atoms with Gasteiger partial charge in [0, 0.05) is 17.1 Å². The Hall–Kier alpha value is -2.05. The Bertz CT molecular complexity index is 699. The van der Waals surface area contributed by atoms with E-state index >= 15 is 0 Å². The second-order valence-electron chi connectivity index (χ2n) is 6.20. The molecule has 0 aliphatic carbocycles. The molecule has 6 nitrogen and oxygen atoms in total. The fourth-order valence-corrected chi connectivity index (χ4v) is 2.60. The zero-order valence-electron chi connectivity index (χ0n) is 13.8. The summed E-state index contributed by atoms with van der Waals surface area (Å²) in [6.07, 6.45) is 2.56. The predicted octanol–water partition coefficient (Wildman–Crippen LogP) is 2.07. The average Bonchev–Trinajstić information content (AvgIpc) is 2.89. The molecule has 7 heteroatoms. The zero-order chi connectivity index (χ0) is 17.0. The van der Waals surface area contributed by atoms with Gasteiger partial charge in [-0.1, -0.05) is 32.0 Å². The number of aromatic nitrogens is 1. The van der Waals surface area contributed by atoms with Crippen LogP contribution >= 0.6 is 12.4 Å². The Morgan fingerprint density at radius 1 is 1.29 bits per heavy atom. The Kier molecular flexibility index (Phi) is 7.25. The topological polar surface area (TPSA) is 108 Å². The molecule has 24 heavy (non-hydrogen) atoms. The maximum atomic E-state index is 12.2. The van der Waals surface area contributed by atoms with Crippen molar-refractivity contribution in [2.75, 3.05) is 0 Å². The van der Waals surface area contributed by atoms with Crippen molar-refractivity contribution in [3.05, 3.63) is 36.0 Å². The number of carbonyl (C=O) groups excluding carboxylic acids is 1. The van der Waals surface area contributed by atoms with Crippen LogP contribution in [0, 0.1) is 5.92 Å². The van der Waals surface area contributed by atoms with Crippen molar-refractivity contribution < 1.29 is 14.7 Å². The minimum absolute atomic E-state index is 0. The van der Waals surface area contributed by atoms with Crippen LogP contribution in [0.15, 0.2) is 30.5 Å². The van der Waals surface area contributed by atoms with Crippen LogP contribution < -0.4 is 11.1 Å². The summed E-state index contributed by atoms with van der Waals surface area (Å²) in [6, 6.07) is 6.07. The van der Waals surface area contributed by atoms with Crippen molar-refractivity contribution in [3.8, 4) is 0 Å². The highest BCUT2D eigenvalue weighted by Crippen LogP contribution is 2.18. The van der Waals surface area contributed by atoms with Gasteiger partial charge in [0.1, 0.15) is 6.04 Å². The number of hydrogen-bond acceptors (Lipinski definition) is 3. The number of para-hydroxylation sites is 1. The summed E-state index contributed by atoms with van der Waals surface area (Å²) in [6.45, 7) is 3.82. The van der Waals surface area contributed by atoms with Crippen molar-refractivity contribution in [1.29, 1.82) is 0 Å². The van der Waals surface area contributed by atoms with Crippen LogP contribution in [0.4, 0.5) is 0 Å². The van der Waals surface area contributed by atoms with E-state index in [0.29, 0.717) is 12.8 Å². The van der Waals surface area contributed by atoms with E-state index < -0.39 is 24.0 Å². The maximum absolute atomic E-state index is 12.2. The van der Waals surface area contributed by atoms with E-state index in [1.807, 2.05) is 44.3 Å².